The number of sulfonamides is 1. The SMILES string of the molecule is CSCCC(C)N(C)S(=O)(=O)c1ccc(Br)c(N)c1. The number of nitrogens with two attached hydrogens (primary N) is 1. The van der Waals surface area contributed by atoms with Gasteiger partial charge in [0, 0.05) is 23.2 Å². The Balaban J connectivity index is 2.99. The molecule has 0 spiro atoms. The van der Waals surface area contributed by atoms with Crippen molar-refractivity contribution in [3.05, 3.63) is 22.7 Å². The van der Waals surface area contributed by atoms with E-state index in [0.29, 0.717) is 10.2 Å². The Kier molecular flexibility index (Phi) is 6.16. The van der Waals surface area contributed by atoms with E-state index in [-0.39, 0.29) is 10.9 Å². The minimum absolute atomic E-state index is 0.0395. The van der Waals surface area contributed by atoms with Crippen molar-refractivity contribution in [2.45, 2.75) is 24.3 Å². The zero-order chi connectivity index (χ0) is 14.6. The minimum Gasteiger partial charge on any atom is -0.398 e. The normalized spacial score (nSPS) is 13.7. The summed E-state index contributed by atoms with van der Waals surface area (Å²) in [4.78, 5) is 0.228. The van der Waals surface area contributed by atoms with Crippen LogP contribution in [0.1, 0.15) is 13.3 Å². The van der Waals surface area contributed by atoms with Crippen LogP contribution in [0, 0.1) is 0 Å². The molecule has 0 saturated heterocycles. The molecular weight excluding hydrogens is 348 g/mol. The summed E-state index contributed by atoms with van der Waals surface area (Å²) in [5.41, 5.74) is 6.16. The number of nitrogens with zero attached hydrogens (tertiary/aromatic N) is 1. The van der Waals surface area contributed by atoms with E-state index in [1.165, 1.54) is 10.4 Å². The fraction of sp³-hybridized carbons (Fsp3) is 0.500. The zero-order valence-electron chi connectivity index (χ0n) is 11.3. The van der Waals surface area contributed by atoms with Crippen molar-refractivity contribution >= 4 is 43.4 Å². The van der Waals surface area contributed by atoms with Crippen LogP contribution in [0.3, 0.4) is 0 Å². The number of nitrogen functional groups attached to an aromatic ring is 1. The van der Waals surface area contributed by atoms with Crippen molar-refractivity contribution in [3.8, 4) is 0 Å². The van der Waals surface area contributed by atoms with Gasteiger partial charge in [0.05, 0.1) is 4.90 Å². The van der Waals surface area contributed by atoms with Crippen molar-refractivity contribution in [3.63, 3.8) is 0 Å². The highest BCUT2D eigenvalue weighted by molar-refractivity contribution is 9.10. The molecule has 0 heterocycles. The third-order valence-electron chi connectivity index (χ3n) is 3.00. The van der Waals surface area contributed by atoms with Gasteiger partial charge in [0.2, 0.25) is 10.0 Å². The van der Waals surface area contributed by atoms with E-state index in [4.69, 9.17) is 5.73 Å². The van der Waals surface area contributed by atoms with Gasteiger partial charge in [0.15, 0.2) is 0 Å². The van der Waals surface area contributed by atoms with Gasteiger partial charge >= 0.3 is 0 Å². The highest BCUT2D eigenvalue weighted by atomic mass is 79.9. The second kappa shape index (κ2) is 6.97. The molecule has 0 aromatic heterocycles. The smallest absolute Gasteiger partial charge is 0.243 e. The van der Waals surface area contributed by atoms with Crippen LogP contribution in [0.2, 0.25) is 0 Å². The second-order valence-corrected chi connectivity index (χ2v) is 8.17. The Morgan fingerprint density at radius 1 is 1.47 bits per heavy atom. The van der Waals surface area contributed by atoms with Crippen molar-refractivity contribution in [1.82, 2.24) is 4.31 Å². The quantitative estimate of drug-likeness (QED) is 0.786. The molecule has 1 rings (SSSR count). The first-order chi connectivity index (χ1) is 8.80. The number of hydrogen-bond donors (Lipinski definition) is 1. The number of benzene rings is 1. The van der Waals surface area contributed by atoms with Gasteiger partial charge in [-0.1, -0.05) is 0 Å². The first-order valence-corrected chi connectivity index (χ1v) is 9.45. The largest absolute Gasteiger partial charge is 0.398 e. The average Bonchev–Trinajstić information content (AvgIpc) is 2.37. The lowest BCUT2D eigenvalue weighted by molar-refractivity contribution is 0.382. The number of thioether (sulfide) groups is 1. The highest BCUT2D eigenvalue weighted by Gasteiger charge is 2.25. The third kappa shape index (κ3) is 4.11. The summed E-state index contributed by atoms with van der Waals surface area (Å²) in [6.07, 6.45) is 2.83. The van der Waals surface area contributed by atoms with Crippen LogP contribution in [-0.2, 0) is 10.0 Å². The van der Waals surface area contributed by atoms with Gasteiger partial charge < -0.3 is 5.73 Å². The molecule has 19 heavy (non-hydrogen) atoms. The Hall–Kier alpha value is -0.240. The maximum absolute atomic E-state index is 12.4. The van der Waals surface area contributed by atoms with Crippen LogP contribution in [0.25, 0.3) is 0 Å². The lowest BCUT2D eigenvalue weighted by Crippen LogP contribution is -2.35. The topological polar surface area (TPSA) is 63.4 Å². The predicted molar refractivity (Wildman–Crippen MR) is 86.0 cm³/mol. The number of anilines is 1. The molecule has 0 saturated carbocycles. The van der Waals surface area contributed by atoms with Crippen molar-refractivity contribution in [2.24, 2.45) is 0 Å². The molecule has 1 aromatic carbocycles. The Morgan fingerprint density at radius 2 is 2.11 bits per heavy atom. The van der Waals surface area contributed by atoms with Crippen LogP contribution in [-0.4, -0.2) is 37.8 Å². The third-order valence-corrected chi connectivity index (χ3v) is 6.34. The van der Waals surface area contributed by atoms with Crippen LogP contribution >= 0.6 is 27.7 Å². The monoisotopic (exact) mass is 366 g/mol. The van der Waals surface area contributed by atoms with Gasteiger partial charge in [0.25, 0.3) is 0 Å². The molecule has 1 atom stereocenters. The van der Waals surface area contributed by atoms with Crippen molar-refractivity contribution < 1.29 is 8.42 Å². The number of rotatable bonds is 6. The Morgan fingerprint density at radius 3 is 2.63 bits per heavy atom. The molecular formula is C12H19BrN2O2S2. The predicted octanol–water partition coefficient (Wildman–Crippen LogP) is 2.79. The summed E-state index contributed by atoms with van der Waals surface area (Å²) in [5.74, 6) is 0.934. The molecule has 1 unspecified atom stereocenters. The molecule has 4 nitrogen and oxygen atoms in total. The average molecular weight is 367 g/mol. The molecule has 0 aliphatic carbocycles. The van der Waals surface area contributed by atoms with E-state index in [2.05, 4.69) is 15.9 Å². The first kappa shape index (κ1) is 16.8. The Labute approximate surface area is 127 Å². The molecule has 1 aromatic rings. The summed E-state index contributed by atoms with van der Waals surface area (Å²) in [7, 11) is -1.87. The summed E-state index contributed by atoms with van der Waals surface area (Å²) in [5, 5.41) is 0. The van der Waals surface area contributed by atoms with E-state index in [0.717, 1.165) is 12.2 Å². The van der Waals surface area contributed by atoms with Gasteiger partial charge in [-0.05, 0) is 59.5 Å². The summed E-state index contributed by atoms with van der Waals surface area (Å²) < 4.78 is 27.0. The van der Waals surface area contributed by atoms with Crippen LogP contribution in [0.5, 0.6) is 0 Å². The maximum atomic E-state index is 12.4. The minimum atomic E-state index is -3.48. The van der Waals surface area contributed by atoms with Gasteiger partial charge in [-0.25, -0.2) is 8.42 Å². The van der Waals surface area contributed by atoms with E-state index in [9.17, 15) is 8.42 Å². The zero-order valence-corrected chi connectivity index (χ0v) is 14.5. The Bertz CT molecular complexity index is 535. The standard InChI is InChI=1S/C12H19BrN2O2S2/c1-9(6-7-18-3)15(2)19(16,17)10-4-5-11(13)12(14)8-10/h4-5,8-9H,6-7,14H2,1-3H3. The molecule has 0 amide bonds. The second-order valence-electron chi connectivity index (χ2n) is 4.34. The lowest BCUT2D eigenvalue weighted by Gasteiger charge is -2.24. The van der Waals surface area contributed by atoms with Gasteiger partial charge in [-0.15, -0.1) is 0 Å². The molecule has 7 heteroatoms. The van der Waals surface area contributed by atoms with Crippen molar-refractivity contribution in [2.75, 3.05) is 24.8 Å². The molecule has 0 radical (unpaired) electrons. The number of hydrogen-bond acceptors (Lipinski definition) is 4. The molecule has 0 fully saturated rings. The molecule has 2 N–H and O–H groups in total. The maximum Gasteiger partial charge on any atom is 0.243 e. The van der Waals surface area contributed by atoms with E-state index < -0.39 is 10.0 Å². The molecule has 0 aliphatic rings. The van der Waals surface area contributed by atoms with Gasteiger partial charge in [-0.2, -0.15) is 16.1 Å². The van der Waals surface area contributed by atoms with Crippen LogP contribution < -0.4 is 5.73 Å². The first-order valence-electron chi connectivity index (χ1n) is 5.82. The van der Waals surface area contributed by atoms with Gasteiger partial charge in [0.1, 0.15) is 0 Å². The van der Waals surface area contributed by atoms with E-state index in [1.54, 1.807) is 30.9 Å². The van der Waals surface area contributed by atoms with Crippen LogP contribution in [0.4, 0.5) is 5.69 Å². The molecule has 0 bridgehead atoms. The van der Waals surface area contributed by atoms with E-state index in [1.807, 2.05) is 13.2 Å². The fourth-order valence-electron chi connectivity index (χ4n) is 1.56. The lowest BCUT2D eigenvalue weighted by atomic mass is 10.3. The highest BCUT2D eigenvalue weighted by Crippen LogP contribution is 2.25. The fourth-order valence-corrected chi connectivity index (χ4v) is 3.81. The summed E-state index contributed by atoms with van der Waals surface area (Å²) >= 11 is 4.97. The van der Waals surface area contributed by atoms with Crippen LogP contribution in [0.15, 0.2) is 27.6 Å². The summed E-state index contributed by atoms with van der Waals surface area (Å²) in [6, 6.07) is 4.66. The van der Waals surface area contributed by atoms with E-state index >= 15 is 0 Å². The van der Waals surface area contributed by atoms with Gasteiger partial charge in [-0.3, -0.25) is 0 Å². The van der Waals surface area contributed by atoms with Crippen molar-refractivity contribution in [1.29, 1.82) is 0 Å². The number of halogens is 1. The molecule has 0 aliphatic heterocycles. The molecule has 108 valence electrons. The summed E-state index contributed by atoms with van der Waals surface area (Å²) in [6.45, 7) is 1.91.